The molecule has 0 unspecified atom stereocenters. The Morgan fingerprint density at radius 2 is 1.91 bits per heavy atom. The van der Waals surface area contributed by atoms with E-state index in [0.717, 1.165) is 16.8 Å². The Hall–Kier alpha value is -4.28. The molecule has 0 aliphatic carbocycles. The number of halogens is 3. The molecule has 0 radical (unpaired) electrons. The molecular formula is C21H15F3N6O2. The number of alkyl halides is 3. The molecule has 0 aliphatic heterocycles. The first-order valence-corrected chi connectivity index (χ1v) is 9.27. The topological polar surface area (TPSA) is 94.7 Å². The molecule has 3 aromatic heterocycles. The van der Waals surface area contributed by atoms with Crippen LogP contribution in [0.3, 0.4) is 0 Å². The summed E-state index contributed by atoms with van der Waals surface area (Å²) in [6.07, 6.45) is 1.57. The summed E-state index contributed by atoms with van der Waals surface area (Å²) in [4.78, 5) is 33.1. The third-order valence-electron chi connectivity index (χ3n) is 4.53. The van der Waals surface area contributed by atoms with Crippen LogP contribution in [-0.4, -0.2) is 30.2 Å². The summed E-state index contributed by atoms with van der Waals surface area (Å²) in [5.74, 6) is -0.314. The van der Waals surface area contributed by atoms with Gasteiger partial charge in [0.25, 0.3) is 5.91 Å². The maximum Gasteiger partial charge on any atom is 0.418 e. The fourth-order valence-electron chi connectivity index (χ4n) is 3.04. The van der Waals surface area contributed by atoms with Gasteiger partial charge in [0.1, 0.15) is 12.1 Å². The number of amides is 1. The van der Waals surface area contributed by atoms with Gasteiger partial charge in [-0.3, -0.25) is 14.2 Å². The van der Waals surface area contributed by atoms with E-state index in [2.05, 4.69) is 20.4 Å². The molecule has 0 aliphatic rings. The molecular weight excluding hydrogens is 425 g/mol. The number of anilines is 1. The number of para-hydroxylation sites is 1. The number of rotatable bonds is 4. The first-order chi connectivity index (χ1) is 15.2. The summed E-state index contributed by atoms with van der Waals surface area (Å²) in [6.45, 7) is 1.43. The monoisotopic (exact) mass is 440 g/mol. The highest BCUT2D eigenvalue weighted by atomic mass is 19.4. The van der Waals surface area contributed by atoms with Crippen molar-refractivity contribution in [2.24, 2.45) is 0 Å². The zero-order valence-electron chi connectivity index (χ0n) is 16.5. The fraction of sp³-hybridized carbons (Fsp3) is 0.0952. The van der Waals surface area contributed by atoms with Crippen LogP contribution in [0.5, 0.6) is 0 Å². The van der Waals surface area contributed by atoms with Crippen molar-refractivity contribution in [2.75, 3.05) is 5.32 Å². The summed E-state index contributed by atoms with van der Waals surface area (Å²) in [5, 5.41) is 6.42. The third-order valence-corrected chi connectivity index (χ3v) is 4.53. The van der Waals surface area contributed by atoms with Crippen molar-refractivity contribution in [3.05, 3.63) is 94.6 Å². The number of carbonyl (C=O) groups excluding carboxylic acids is 1. The molecule has 162 valence electrons. The summed E-state index contributed by atoms with van der Waals surface area (Å²) in [6, 6.07) is 9.03. The molecule has 0 fully saturated rings. The second-order valence-corrected chi connectivity index (χ2v) is 6.75. The summed E-state index contributed by atoms with van der Waals surface area (Å²) in [7, 11) is 0. The van der Waals surface area contributed by atoms with Gasteiger partial charge in [0.2, 0.25) is 5.43 Å². The molecule has 8 nitrogen and oxygen atoms in total. The molecule has 3 heterocycles. The average molecular weight is 440 g/mol. The van der Waals surface area contributed by atoms with Gasteiger partial charge in [0, 0.05) is 24.2 Å². The molecule has 0 bridgehead atoms. The van der Waals surface area contributed by atoms with Crippen LogP contribution < -0.4 is 10.7 Å². The zero-order chi connectivity index (χ0) is 22.9. The smallest absolute Gasteiger partial charge is 0.319 e. The molecule has 4 aromatic rings. The maximum atomic E-state index is 13.4. The largest absolute Gasteiger partial charge is 0.418 e. The second-order valence-electron chi connectivity index (χ2n) is 6.75. The van der Waals surface area contributed by atoms with Crippen molar-refractivity contribution >= 4 is 11.6 Å². The van der Waals surface area contributed by atoms with Crippen LogP contribution in [0.1, 0.15) is 21.7 Å². The average Bonchev–Trinajstić information content (AvgIpc) is 3.28. The van der Waals surface area contributed by atoms with Crippen LogP contribution in [0.4, 0.5) is 18.9 Å². The van der Waals surface area contributed by atoms with Crippen LogP contribution in [0, 0.1) is 6.92 Å². The fourth-order valence-corrected chi connectivity index (χ4v) is 3.04. The number of pyridine rings is 1. The van der Waals surface area contributed by atoms with Gasteiger partial charge in [-0.05, 0) is 31.2 Å². The number of nitrogens with one attached hydrogen (secondary N) is 1. The van der Waals surface area contributed by atoms with Gasteiger partial charge in [0.15, 0.2) is 5.69 Å². The van der Waals surface area contributed by atoms with Crippen molar-refractivity contribution in [3.8, 4) is 11.5 Å². The Bertz CT molecular complexity index is 1330. The molecule has 1 aromatic carbocycles. The van der Waals surface area contributed by atoms with Crippen LogP contribution in [0.15, 0.2) is 72.2 Å². The maximum absolute atomic E-state index is 13.4. The van der Waals surface area contributed by atoms with Crippen molar-refractivity contribution in [1.29, 1.82) is 0 Å². The van der Waals surface area contributed by atoms with Crippen molar-refractivity contribution in [3.63, 3.8) is 0 Å². The van der Waals surface area contributed by atoms with Crippen molar-refractivity contribution in [1.82, 2.24) is 24.3 Å². The van der Waals surface area contributed by atoms with E-state index < -0.39 is 28.8 Å². The molecule has 0 saturated carbocycles. The highest BCUT2D eigenvalue weighted by Crippen LogP contribution is 2.33. The van der Waals surface area contributed by atoms with Gasteiger partial charge >= 0.3 is 6.18 Å². The molecule has 0 saturated heterocycles. The lowest BCUT2D eigenvalue weighted by molar-refractivity contribution is -0.137. The van der Waals surface area contributed by atoms with E-state index in [1.165, 1.54) is 31.3 Å². The number of hydrogen-bond acceptors (Lipinski definition) is 5. The predicted molar refractivity (Wildman–Crippen MR) is 109 cm³/mol. The number of aryl methyl sites for hydroxylation is 1. The standard InChI is InChI=1S/C21H15F3N6O2/c1-13-10-17(31)19(28-30(13)16-5-3-2-4-15(16)21(22,23)24)20(32)27-14-6-7-18(26-11-14)29-9-8-25-12-29/h2-12H,1H3,(H,27,32). The predicted octanol–water partition coefficient (Wildman–Crippen LogP) is 3.39. The Labute approximate surface area is 179 Å². The van der Waals surface area contributed by atoms with E-state index in [1.807, 2.05) is 0 Å². The number of carbonyl (C=O) groups is 1. The minimum Gasteiger partial charge on any atom is -0.319 e. The lowest BCUT2D eigenvalue weighted by Gasteiger charge is -2.16. The van der Waals surface area contributed by atoms with E-state index in [-0.39, 0.29) is 17.1 Å². The van der Waals surface area contributed by atoms with E-state index in [0.29, 0.717) is 5.82 Å². The minimum absolute atomic E-state index is 0.148. The lowest BCUT2D eigenvalue weighted by atomic mass is 10.1. The minimum atomic E-state index is -4.64. The SMILES string of the molecule is Cc1cc(=O)c(C(=O)Nc2ccc(-n3ccnc3)nc2)nn1-c1ccccc1C(F)(F)F. The van der Waals surface area contributed by atoms with Crippen molar-refractivity contribution < 1.29 is 18.0 Å². The first kappa shape index (κ1) is 21.0. The molecule has 11 heteroatoms. The number of imidazole rings is 1. The first-order valence-electron chi connectivity index (χ1n) is 9.27. The highest BCUT2D eigenvalue weighted by molar-refractivity contribution is 6.02. The number of aromatic nitrogens is 5. The molecule has 0 atom stereocenters. The van der Waals surface area contributed by atoms with Gasteiger partial charge in [-0.25, -0.2) is 14.6 Å². The van der Waals surface area contributed by atoms with E-state index >= 15 is 0 Å². The van der Waals surface area contributed by atoms with E-state index in [9.17, 15) is 22.8 Å². The summed E-state index contributed by atoms with van der Waals surface area (Å²) < 4.78 is 42.9. The molecule has 0 spiro atoms. The molecule has 4 rings (SSSR count). The Morgan fingerprint density at radius 3 is 2.56 bits per heavy atom. The van der Waals surface area contributed by atoms with Crippen LogP contribution >= 0.6 is 0 Å². The van der Waals surface area contributed by atoms with Crippen LogP contribution in [-0.2, 0) is 6.18 Å². The lowest BCUT2D eigenvalue weighted by Crippen LogP contribution is -2.27. The van der Waals surface area contributed by atoms with Gasteiger partial charge in [-0.2, -0.15) is 18.3 Å². The van der Waals surface area contributed by atoms with E-state index in [1.54, 1.807) is 35.4 Å². The quantitative estimate of drug-likeness (QED) is 0.525. The molecule has 1 N–H and O–H groups in total. The van der Waals surface area contributed by atoms with Gasteiger partial charge in [-0.1, -0.05) is 12.1 Å². The van der Waals surface area contributed by atoms with Gasteiger partial charge < -0.3 is 5.32 Å². The van der Waals surface area contributed by atoms with Gasteiger partial charge in [0.05, 0.1) is 23.1 Å². The summed E-state index contributed by atoms with van der Waals surface area (Å²) in [5.41, 5.74) is -2.07. The van der Waals surface area contributed by atoms with Crippen LogP contribution in [0.2, 0.25) is 0 Å². The Balaban J connectivity index is 1.67. The summed E-state index contributed by atoms with van der Waals surface area (Å²) >= 11 is 0. The number of nitrogens with zero attached hydrogens (tertiary/aromatic N) is 5. The third kappa shape index (κ3) is 4.13. The van der Waals surface area contributed by atoms with E-state index in [4.69, 9.17) is 0 Å². The van der Waals surface area contributed by atoms with Gasteiger partial charge in [-0.15, -0.1) is 0 Å². The second kappa shape index (κ2) is 8.10. The molecule has 1 amide bonds. The normalized spacial score (nSPS) is 11.4. The van der Waals surface area contributed by atoms with Crippen LogP contribution in [0.25, 0.3) is 11.5 Å². The Morgan fingerprint density at radius 1 is 1.12 bits per heavy atom. The van der Waals surface area contributed by atoms with Crippen molar-refractivity contribution in [2.45, 2.75) is 13.1 Å². The molecule has 32 heavy (non-hydrogen) atoms. The zero-order valence-corrected chi connectivity index (χ0v) is 16.5. The number of hydrogen-bond donors (Lipinski definition) is 1. The Kier molecular flexibility index (Phi) is 5.31. The highest BCUT2D eigenvalue weighted by Gasteiger charge is 2.34. The number of benzene rings is 1.